The van der Waals surface area contributed by atoms with Gasteiger partial charge in [-0.05, 0) is 18.6 Å². The van der Waals surface area contributed by atoms with Crippen molar-refractivity contribution in [2.75, 3.05) is 19.7 Å². The van der Waals surface area contributed by atoms with E-state index in [1.54, 1.807) is 23.2 Å². The smallest absolute Gasteiger partial charge is 0.317 e. The zero-order valence-electron chi connectivity index (χ0n) is 9.97. The Morgan fingerprint density at radius 2 is 2.44 bits per heavy atom. The molecule has 0 radical (unpaired) electrons. The molecule has 1 aromatic heterocycles. The number of aliphatic hydroxyl groups is 1. The number of urea groups is 1. The monoisotopic (exact) mass is 269 g/mol. The van der Waals surface area contributed by atoms with Crippen LogP contribution in [-0.2, 0) is 6.54 Å². The fourth-order valence-corrected chi connectivity index (χ4v) is 2.07. The third-order valence-corrected chi connectivity index (χ3v) is 3.26. The Kier molecular flexibility index (Phi) is 4.38. The summed E-state index contributed by atoms with van der Waals surface area (Å²) < 4.78 is 0. The lowest BCUT2D eigenvalue weighted by Crippen LogP contribution is -2.38. The van der Waals surface area contributed by atoms with Crippen LogP contribution < -0.4 is 5.32 Å². The zero-order valence-corrected chi connectivity index (χ0v) is 10.7. The standard InChI is InChI=1S/C12H16ClN3O2/c13-10-1-2-11(14-5-10)6-15-12(18)16-4-3-9(7-16)8-17/h1-2,5,9,17H,3-4,6-8H2,(H,15,18). The number of aromatic nitrogens is 1. The number of aliphatic hydroxyl groups excluding tert-OH is 1. The Hall–Kier alpha value is -1.33. The van der Waals surface area contributed by atoms with E-state index in [2.05, 4.69) is 10.3 Å². The van der Waals surface area contributed by atoms with E-state index >= 15 is 0 Å². The van der Waals surface area contributed by atoms with Crippen LogP contribution in [0.15, 0.2) is 18.3 Å². The summed E-state index contributed by atoms with van der Waals surface area (Å²) in [7, 11) is 0. The summed E-state index contributed by atoms with van der Waals surface area (Å²) in [4.78, 5) is 17.6. The second-order valence-electron chi connectivity index (χ2n) is 4.41. The van der Waals surface area contributed by atoms with Gasteiger partial charge in [0.15, 0.2) is 0 Å². The Bertz CT molecular complexity index is 410. The first-order valence-corrected chi connectivity index (χ1v) is 6.31. The fourth-order valence-electron chi connectivity index (χ4n) is 1.96. The van der Waals surface area contributed by atoms with Crippen LogP contribution in [0.5, 0.6) is 0 Å². The number of rotatable bonds is 3. The van der Waals surface area contributed by atoms with Gasteiger partial charge in [0.2, 0.25) is 0 Å². The highest BCUT2D eigenvalue weighted by Gasteiger charge is 2.25. The van der Waals surface area contributed by atoms with Crippen LogP contribution in [0.4, 0.5) is 4.79 Å². The van der Waals surface area contributed by atoms with Crippen molar-refractivity contribution in [3.63, 3.8) is 0 Å². The molecule has 98 valence electrons. The van der Waals surface area contributed by atoms with Gasteiger partial charge in [0.25, 0.3) is 0 Å². The molecule has 0 aromatic carbocycles. The van der Waals surface area contributed by atoms with Gasteiger partial charge in [-0.25, -0.2) is 4.79 Å². The Balaban J connectivity index is 1.80. The van der Waals surface area contributed by atoms with E-state index in [4.69, 9.17) is 16.7 Å². The third kappa shape index (κ3) is 3.34. The molecule has 18 heavy (non-hydrogen) atoms. The van der Waals surface area contributed by atoms with Gasteiger partial charge in [0.1, 0.15) is 0 Å². The molecule has 1 atom stereocenters. The van der Waals surface area contributed by atoms with E-state index in [0.717, 1.165) is 12.1 Å². The Morgan fingerprint density at radius 3 is 3.06 bits per heavy atom. The van der Waals surface area contributed by atoms with E-state index in [0.29, 0.717) is 24.7 Å². The van der Waals surface area contributed by atoms with Crippen LogP contribution in [0.3, 0.4) is 0 Å². The molecule has 0 spiro atoms. The van der Waals surface area contributed by atoms with Gasteiger partial charge in [-0.3, -0.25) is 4.98 Å². The van der Waals surface area contributed by atoms with Crippen LogP contribution in [0.1, 0.15) is 12.1 Å². The van der Waals surface area contributed by atoms with Gasteiger partial charge >= 0.3 is 6.03 Å². The lowest BCUT2D eigenvalue weighted by molar-refractivity contribution is 0.198. The molecule has 1 unspecified atom stereocenters. The second kappa shape index (κ2) is 6.02. The minimum atomic E-state index is -0.109. The van der Waals surface area contributed by atoms with Crippen molar-refractivity contribution in [3.8, 4) is 0 Å². The number of carbonyl (C=O) groups excluding carboxylic acids is 1. The molecular weight excluding hydrogens is 254 g/mol. The largest absolute Gasteiger partial charge is 0.396 e. The summed E-state index contributed by atoms with van der Waals surface area (Å²) in [6.07, 6.45) is 2.42. The Labute approximate surface area is 111 Å². The number of nitrogens with zero attached hydrogens (tertiary/aromatic N) is 2. The third-order valence-electron chi connectivity index (χ3n) is 3.04. The van der Waals surface area contributed by atoms with Gasteiger partial charge in [0, 0.05) is 31.8 Å². The maximum atomic E-state index is 11.8. The summed E-state index contributed by atoms with van der Waals surface area (Å²) in [5.41, 5.74) is 0.769. The SMILES string of the molecule is O=C(NCc1ccc(Cl)cn1)N1CCC(CO)C1. The van der Waals surface area contributed by atoms with E-state index in [9.17, 15) is 4.79 Å². The van der Waals surface area contributed by atoms with Crippen LogP contribution >= 0.6 is 11.6 Å². The lowest BCUT2D eigenvalue weighted by atomic mass is 10.1. The average Bonchev–Trinajstić information content (AvgIpc) is 2.86. The Morgan fingerprint density at radius 1 is 1.61 bits per heavy atom. The molecule has 0 bridgehead atoms. The van der Waals surface area contributed by atoms with Gasteiger partial charge in [0.05, 0.1) is 17.3 Å². The summed E-state index contributed by atoms with van der Waals surface area (Å²) in [5, 5.41) is 12.4. The molecule has 2 rings (SSSR count). The summed E-state index contributed by atoms with van der Waals surface area (Å²) in [6.45, 7) is 1.85. The predicted molar refractivity (Wildman–Crippen MR) is 68.2 cm³/mol. The quantitative estimate of drug-likeness (QED) is 0.868. The minimum absolute atomic E-state index is 0.109. The second-order valence-corrected chi connectivity index (χ2v) is 4.85. The van der Waals surface area contributed by atoms with Crippen molar-refractivity contribution in [2.45, 2.75) is 13.0 Å². The first-order chi connectivity index (χ1) is 8.69. The van der Waals surface area contributed by atoms with Gasteiger partial charge in [-0.15, -0.1) is 0 Å². The number of nitrogens with one attached hydrogen (secondary N) is 1. The molecular formula is C12H16ClN3O2. The predicted octanol–water partition coefficient (Wildman–Crippen LogP) is 1.26. The van der Waals surface area contributed by atoms with Crippen LogP contribution in [0.2, 0.25) is 5.02 Å². The maximum Gasteiger partial charge on any atom is 0.317 e. The molecule has 0 aliphatic carbocycles. The van der Waals surface area contributed by atoms with Crippen LogP contribution in [0, 0.1) is 5.92 Å². The minimum Gasteiger partial charge on any atom is -0.396 e. The number of hydrogen-bond donors (Lipinski definition) is 2. The first kappa shape index (κ1) is 13.1. The lowest BCUT2D eigenvalue weighted by Gasteiger charge is -2.16. The molecule has 1 aromatic rings. The van der Waals surface area contributed by atoms with E-state index < -0.39 is 0 Å². The average molecular weight is 270 g/mol. The molecule has 5 nitrogen and oxygen atoms in total. The summed E-state index contributed by atoms with van der Waals surface area (Å²) in [5.74, 6) is 0.212. The molecule has 1 fully saturated rings. The molecule has 1 aliphatic heterocycles. The molecule has 6 heteroatoms. The van der Waals surface area contributed by atoms with Gasteiger partial charge < -0.3 is 15.3 Å². The molecule has 2 N–H and O–H groups in total. The number of carbonyl (C=O) groups is 1. The highest BCUT2D eigenvalue weighted by Crippen LogP contribution is 2.15. The summed E-state index contributed by atoms with van der Waals surface area (Å²) >= 11 is 5.73. The maximum absolute atomic E-state index is 11.8. The first-order valence-electron chi connectivity index (χ1n) is 5.93. The number of halogens is 1. The number of hydrogen-bond acceptors (Lipinski definition) is 3. The van der Waals surface area contributed by atoms with Gasteiger partial charge in [-0.2, -0.15) is 0 Å². The van der Waals surface area contributed by atoms with E-state index in [1.807, 2.05) is 0 Å². The highest BCUT2D eigenvalue weighted by molar-refractivity contribution is 6.30. The van der Waals surface area contributed by atoms with Crippen molar-refractivity contribution >= 4 is 17.6 Å². The van der Waals surface area contributed by atoms with Crippen molar-refractivity contribution in [3.05, 3.63) is 29.0 Å². The van der Waals surface area contributed by atoms with Crippen molar-refractivity contribution in [2.24, 2.45) is 5.92 Å². The summed E-state index contributed by atoms with van der Waals surface area (Å²) in [6, 6.07) is 3.42. The van der Waals surface area contributed by atoms with Crippen molar-refractivity contribution in [1.29, 1.82) is 0 Å². The number of pyridine rings is 1. The van der Waals surface area contributed by atoms with Crippen LogP contribution in [0.25, 0.3) is 0 Å². The van der Waals surface area contributed by atoms with E-state index in [1.165, 1.54) is 0 Å². The molecule has 1 saturated heterocycles. The molecule has 2 amide bonds. The van der Waals surface area contributed by atoms with Crippen molar-refractivity contribution in [1.82, 2.24) is 15.2 Å². The van der Waals surface area contributed by atoms with Crippen molar-refractivity contribution < 1.29 is 9.90 Å². The molecule has 0 saturated carbocycles. The molecule has 2 heterocycles. The molecule has 1 aliphatic rings. The normalized spacial score (nSPS) is 19.0. The number of likely N-dealkylation sites (tertiary alicyclic amines) is 1. The number of amides is 2. The zero-order chi connectivity index (χ0) is 13.0. The van der Waals surface area contributed by atoms with Gasteiger partial charge in [-0.1, -0.05) is 11.6 Å². The fraction of sp³-hybridized carbons (Fsp3) is 0.500. The van der Waals surface area contributed by atoms with Crippen LogP contribution in [-0.4, -0.2) is 40.7 Å². The highest BCUT2D eigenvalue weighted by atomic mass is 35.5. The van der Waals surface area contributed by atoms with E-state index in [-0.39, 0.29) is 18.6 Å². The topological polar surface area (TPSA) is 65.5 Å².